The van der Waals surface area contributed by atoms with Gasteiger partial charge in [0.05, 0.1) is 5.75 Å². The summed E-state index contributed by atoms with van der Waals surface area (Å²) < 4.78 is 0. The first-order valence-electron chi connectivity index (χ1n) is 6.64. The molecule has 0 bridgehead atoms. The number of aromatic nitrogens is 1. The molecule has 0 radical (unpaired) electrons. The summed E-state index contributed by atoms with van der Waals surface area (Å²) in [7, 11) is 0. The Morgan fingerprint density at radius 3 is 2.80 bits per heavy atom. The van der Waals surface area contributed by atoms with E-state index in [-0.39, 0.29) is 17.6 Å². The van der Waals surface area contributed by atoms with Crippen molar-refractivity contribution in [3.63, 3.8) is 0 Å². The van der Waals surface area contributed by atoms with E-state index < -0.39 is 12.0 Å². The van der Waals surface area contributed by atoms with Gasteiger partial charge in [0.25, 0.3) is 0 Å². The summed E-state index contributed by atoms with van der Waals surface area (Å²) in [5.74, 6) is -0.734. The molecule has 6 heteroatoms. The van der Waals surface area contributed by atoms with Crippen LogP contribution in [-0.4, -0.2) is 45.2 Å². The third kappa shape index (κ3) is 3.50. The Balaban J connectivity index is 1.98. The smallest absolute Gasteiger partial charge is 0.326 e. The molecule has 2 heterocycles. The van der Waals surface area contributed by atoms with Crippen LogP contribution in [0.4, 0.5) is 0 Å². The normalized spacial score (nSPS) is 22.6. The number of likely N-dealkylation sites (tertiary alicyclic amines) is 1. The largest absolute Gasteiger partial charge is 0.480 e. The minimum Gasteiger partial charge on any atom is -0.480 e. The maximum atomic E-state index is 12.3. The Morgan fingerprint density at radius 1 is 1.45 bits per heavy atom. The molecule has 0 spiro atoms. The molecule has 1 fully saturated rings. The van der Waals surface area contributed by atoms with Gasteiger partial charge in [-0.1, -0.05) is 6.92 Å². The lowest BCUT2D eigenvalue weighted by molar-refractivity contribution is -0.153. The number of pyridine rings is 1. The molecule has 0 aromatic carbocycles. The number of carbonyl (C=O) groups excluding carboxylic acids is 1. The van der Waals surface area contributed by atoms with Gasteiger partial charge in [0, 0.05) is 23.8 Å². The summed E-state index contributed by atoms with van der Waals surface area (Å²) in [6.45, 7) is 2.44. The number of carboxylic acids is 1. The van der Waals surface area contributed by atoms with Crippen LogP contribution in [0.3, 0.4) is 0 Å². The highest BCUT2D eigenvalue weighted by atomic mass is 32.2. The average Bonchev–Trinajstić information content (AvgIpc) is 2.45. The number of aliphatic carboxylic acids is 1. The number of amides is 1. The summed E-state index contributed by atoms with van der Waals surface area (Å²) in [5, 5.41) is 9.30. The van der Waals surface area contributed by atoms with Crippen LogP contribution in [0.15, 0.2) is 29.4 Å². The van der Waals surface area contributed by atoms with E-state index in [0.717, 1.165) is 17.7 Å². The average molecular weight is 294 g/mol. The fraction of sp³-hybridized carbons (Fsp3) is 0.500. The number of carboxylic acid groups (broad SMARTS) is 1. The molecular weight excluding hydrogens is 276 g/mol. The van der Waals surface area contributed by atoms with E-state index >= 15 is 0 Å². The van der Waals surface area contributed by atoms with Gasteiger partial charge in [-0.05, 0) is 30.9 Å². The summed E-state index contributed by atoms with van der Waals surface area (Å²) in [6.07, 6.45) is 5.08. The van der Waals surface area contributed by atoms with Crippen molar-refractivity contribution in [2.45, 2.75) is 30.7 Å². The van der Waals surface area contributed by atoms with Crippen molar-refractivity contribution in [3.8, 4) is 0 Å². The van der Waals surface area contributed by atoms with Gasteiger partial charge in [0.1, 0.15) is 6.04 Å². The van der Waals surface area contributed by atoms with Crippen LogP contribution in [0.2, 0.25) is 0 Å². The predicted octanol–water partition coefficient (Wildman–Crippen LogP) is 1.89. The first-order chi connectivity index (χ1) is 9.59. The molecule has 1 saturated heterocycles. The van der Waals surface area contributed by atoms with Crippen molar-refractivity contribution in [2.24, 2.45) is 5.92 Å². The van der Waals surface area contributed by atoms with Crippen LogP contribution in [0.5, 0.6) is 0 Å². The second kappa shape index (κ2) is 6.74. The van der Waals surface area contributed by atoms with Gasteiger partial charge in [-0.2, -0.15) is 0 Å². The number of carbonyl (C=O) groups is 2. The molecular formula is C14H18N2O3S. The molecule has 5 nitrogen and oxygen atoms in total. The summed E-state index contributed by atoms with van der Waals surface area (Å²) in [6, 6.07) is 2.99. The predicted molar refractivity (Wildman–Crippen MR) is 76.5 cm³/mol. The Hall–Kier alpha value is -1.56. The monoisotopic (exact) mass is 294 g/mol. The standard InChI is InChI=1S/C14H18N2O3S/c1-10-3-2-8-16(13(10)14(18)19)12(17)9-20-11-4-6-15-7-5-11/h4-7,10,13H,2-3,8-9H2,1H3,(H,18,19). The highest BCUT2D eigenvalue weighted by Crippen LogP contribution is 2.25. The van der Waals surface area contributed by atoms with Gasteiger partial charge in [-0.15, -0.1) is 11.8 Å². The molecule has 2 atom stereocenters. The first-order valence-corrected chi connectivity index (χ1v) is 7.63. The highest BCUT2D eigenvalue weighted by molar-refractivity contribution is 8.00. The van der Waals surface area contributed by atoms with E-state index in [9.17, 15) is 14.7 Å². The molecule has 1 N–H and O–H groups in total. The molecule has 1 aromatic heterocycles. The first kappa shape index (κ1) is 14.8. The maximum Gasteiger partial charge on any atom is 0.326 e. The molecule has 108 valence electrons. The van der Waals surface area contributed by atoms with E-state index in [4.69, 9.17) is 0 Å². The topological polar surface area (TPSA) is 70.5 Å². The summed E-state index contributed by atoms with van der Waals surface area (Å²) in [5.41, 5.74) is 0. The van der Waals surface area contributed by atoms with Gasteiger partial charge >= 0.3 is 5.97 Å². The third-order valence-corrected chi connectivity index (χ3v) is 4.52. The lowest BCUT2D eigenvalue weighted by Crippen LogP contribution is -2.52. The fourth-order valence-electron chi connectivity index (χ4n) is 2.51. The zero-order valence-corrected chi connectivity index (χ0v) is 12.2. The molecule has 1 aliphatic heterocycles. The van der Waals surface area contributed by atoms with Crippen LogP contribution in [0.25, 0.3) is 0 Å². The molecule has 2 rings (SSSR count). The second-order valence-electron chi connectivity index (χ2n) is 4.96. The Kier molecular flexibility index (Phi) is 5.00. The van der Waals surface area contributed by atoms with Gasteiger partial charge in [-0.3, -0.25) is 9.78 Å². The van der Waals surface area contributed by atoms with Crippen LogP contribution >= 0.6 is 11.8 Å². The van der Waals surface area contributed by atoms with E-state index in [1.165, 1.54) is 16.7 Å². The third-order valence-electron chi connectivity index (χ3n) is 3.52. The summed E-state index contributed by atoms with van der Waals surface area (Å²) in [4.78, 5) is 30.0. The number of hydrogen-bond acceptors (Lipinski definition) is 4. The van der Waals surface area contributed by atoms with E-state index in [0.29, 0.717) is 6.54 Å². The molecule has 0 saturated carbocycles. The Morgan fingerprint density at radius 2 is 2.15 bits per heavy atom. The van der Waals surface area contributed by atoms with E-state index in [2.05, 4.69) is 4.98 Å². The van der Waals surface area contributed by atoms with Crippen LogP contribution < -0.4 is 0 Å². The number of nitrogens with zero attached hydrogens (tertiary/aromatic N) is 2. The van der Waals surface area contributed by atoms with Crippen molar-refractivity contribution in [3.05, 3.63) is 24.5 Å². The number of piperidine rings is 1. The quantitative estimate of drug-likeness (QED) is 0.859. The summed E-state index contributed by atoms with van der Waals surface area (Å²) >= 11 is 1.41. The van der Waals surface area contributed by atoms with Gasteiger partial charge in [0.15, 0.2) is 0 Å². The zero-order valence-electron chi connectivity index (χ0n) is 11.4. The molecule has 1 aromatic rings. The molecule has 0 aliphatic carbocycles. The number of thioether (sulfide) groups is 1. The van der Waals surface area contributed by atoms with Gasteiger partial charge in [-0.25, -0.2) is 4.79 Å². The SMILES string of the molecule is CC1CCCN(C(=O)CSc2ccncc2)C1C(=O)O. The molecule has 1 amide bonds. The molecule has 1 aliphatic rings. The number of rotatable bonds is 4. The molecule has 20 heavy (non-hydrogen) atoms. The van der Waals surface area contributed by atoms with E-state index in [1.807, 2.05) is 19.1 Å². The van der Waals surface area contributed by atoms with Crippen LogP contribution in [0, 0.1) is 5.92 Å². The van der Waals surface area contributed by atoms with Crippen molar-refractivity contribution in [1.29, 1.82) is 0 Å². The fourth-order valence-corrected chi connectivity index (χ4v) is 3.28. The van der Waals surface area contributed by atoms with E-state index in [1.54, 1.807) is 12.4 Å². The highest BCUT2D eigenvalue weighted by Gasteiger charge is 2.36. The van der Waals surface area contributed by atoms with Gasteiger partial charge in [0.2, 0.25) is 5.91 Å². The van der Waals surface area contributed by atoms with Crippen LogP contribution in [-0.2, 0) is 9.59 Å². The Bertz CT molecular complexity index is 481. The van der Waals surface area contributed by atoms with Crippen molar-refractivity contribution in [1.82, 2.24) is 9.88 Å². The molecule has 2 unspecified atom stereocenters. The lowest BCUT2D eigenvalue weighted by Gasteiger charge is -2.37. The second-order valence-corrected chi connectivity index (χ2v) is 6.01. The van der Waals surface area contributed by atoms with Crippen molar-refractivity contribution < 1.29 is 14.7 Å². The van der Waals surface area contributed by atoms with Crippen LogP contribution in [0.1, 0.15) is 19.8 Å². The van der Waals surface area contributed by atoms with Crippen molar-refractivity contribution >= 4 is 23.6 Å². The maximum absolute atomic E-state index is 12.3. The van der Waals surface area contributed by atoms with Gasteiger partial charge < -0.3 is 10.0 Å². The lowest BCUT2D eigenvalue weighted by atomic mass is 9.91. The Labute approximate surface area is 122 Å². The minimum atomic E-state index is -0.903. The number of hydrogen-bond donors (Lipinski definition) is 1. The minimum absolute atomic E-state index is 0.0103. The zero-order chi connectivity index (χ0) is 14.5. The van der Waals surface area contributed by atoms with Crippen molar-refractivity contribution in [2.75, 3.05) is 12.3 Å².